The van der Waals surface area contributed by atoms with Crippen molar-refractivity contribution in [2.45, 2.75) is 43.0 Å². The van der Waals surface area contributed by atoms with Crippen molar-refractivity contribution < 1.29 is 13.2 Å². The van der Waals surface area contributed by atoms with Gasteiger partial charge in [0.25, 0.3) is 0 Å². The average Bonchev–Trinajstić information content (AvgIpc) is 3.49. The summed E-state index contributed by atoms with van der Waals surface area (Å²) in [6.45, 7) is 2.15. The standard InChI is InChI=1S/C22H26N4O3S/c1-29-13-12-26-21(24-20-6-3-10-23-22(20)26)18-9-11-25(15-18)30(27,28)19-8-7-16-4-2-5-17(16)14-19/h3,6-8,10,14,18H,2,4-5,9,11-13,15H2,1H3/t18-/m1/s1. The van der Waals surface area contributed by atoms with Gasteiger partial charge in [-0.2, -0.15) is 4.31 Å². The number of aryl methyl sites for hydroxylation is 2. The molecule has 3 aromatic rings. The Kier molecular flexibility index (Phi) is 5.08. The number of pyridine rings is 1. The van der Waals surface area contributed by atoms with E-state index in [1.807, 2.05) is 24.3 Å². The van der Waals surface area contributed by atoms with Gasteiger partial charge in [-0.05, 0) is 61.1 Å². The Morgan fingerprint density at radius 2 is 2.07 bits per heavy atom. The zero-order chi connectivity index (χ0) is 20.7. The highest BCUT2D eigenvalue weighted by Gasteiger charge is 2.36. The largest absolute Gasteiger partial charge is 0.383 e. The third-order valence-electron chi connectivity index (χ3n) is 6.28. The molecule has 158 valence electrons. The molecule has 0 spiro atoms. The highest BCUT2D eigenvalue weighted by atomic mass is 32.2. The number of ether oxygens (including phenoxy) is 1. The molecule has 1 saturated heterocycles. The molecule has 0 radical (unpaired) electrons. The lowest BCUT2D eigenvalue weighted by atomic mass is 10.1. The molecule has 2 aliphatic rings. The topological polar surface area (TPSA) is 77.3 Å². The molecule has 1 aliphatic heterocycles. The predicted molar refractivity (Wildman–Crippen MR) is 114 cm³/mol. The molecule has 1 atom stereocenters. The van der Waals surface area contributed by atoms with Gasteiger partial charge in [0.15, 0.2) is 5.65 Å². The van der Waals surface area contributed by atoms with Gasteiger partial charge in [-0.25, -0.2) is 18.4 Å². The van der Waals surface area contributed by atoms with E-state index in [0.717, 1.165) is 42.7 Å². The van der Waals surface area contributed by atoms with Crippen LogP contribution in [0.4, 0.5) is 0 Å². The summed E-state index contributed by atoms with van der Waals surface area (Å²) in [5, 5.41) is 0. The van der Waals surface area contributed by atoms with Crippen LogP contribution in [-0.2, 0) is 34.1 Å². The van der Waals surface area contributed by atoms with Crippen LogP contribution in [0.25, 0.3) is 11.2 Å². The van der Waals surface area contributed by atoms with Crippen molar-refractivity contribution in [2.75, 3.05) is 26.8 Å². The van der Waals surface area contributed by atoms with Crippen molar-refractivity contribution in [1.29, 1.82) is 0 Å². The minimum Gasteiger partial charge on any atom is -0.383 e. The summed E-state index contributed by atoms with van der Waals surface area (Å²) in [6.07, 6.45) is 5.64. The van der Waals surface area contributed by atoms with E-state index < -0.39 is 10.0 Å². The van der Waals surface area contributed by atoms with Gasteiger partial charge < -0.3 is 9.30 Å². The quantitative estimate of drug-likeness (QED) is 0.606. The number of aromatic nitrogens is 3. The summed E-state index contributed by atoms with van der Waals surface area (Å²) in [7, 11) is -1.83. The molecular formula is C22H26N4O3S. The fourth-order valence-corrected chi connectivity index (χ4v) is 6.26. The fraction of sp³-hybridized carbons (Fsp3) is 0.455. The SMILES string of the molecule is COCCn1c([C@@H]2CCN(S(=O)(=O)c3ccc4c(c3)CCC4)C2)nc2cccnc21. The molecule has 0 amide bonds. The van der Waals surface area contributed by atoms with E-state index in [1.54, 1.807) is 23.7 Å². The Labute approximate surface area is 176 Å². The summed E-state index contributed by atoms with van der Waals surface area (Å²) >= 11 is 0. The van der Waals surface area contributed by atoms with Crippen molar-refractivity contribution in [3.05, 3.63) is 53.5 Å². The Bertz CT molecular complexity index is 1190. The smallest absolute Gasteiger partial charge is 0.243 e. The van der Waals surface area contributed by atoms with Gasteiger partial charge in [0.1, 0.15) is 11.3 Å². The van der Waals surface area contributed by atoms with Gasteiger partial charge in [0.2, 0.25) is 10.0 Å². The summed E-state index contributed by atoms with van der Waals surface area (Å²) in [5.74, 6) is 0.938. The van der Waals surface area contributed by atoms with E-state index in [2.05, 4.69) is 9.55 Å². The van der Waals surface area contributed by atoms with Crippen molar-refractivity contribution in [2.24, 2.45) is 0 Å². The molecule has 1 aromatic carbocycles. The highest BCUT2D eigenvalue weighted by Crippen LogP contribution is 2.33. The first kappa shape index (κ1) is 19.7. The summed E-state index contributed by atoms with van der Waals surface area (Å²) in [5.41, 5.74) is 4.12. The zero-order valence-corrected chi connectivity index (χ0v) is 17.9. The molecule has 2 aromatic heterocycles. The fourth-order valence-electron chi connectivity index (χ4n) is 4.71. The number of benzene rings is 1. The first-order chi connectivity index (χ1) is 14.6. The Morgan fingerprint density at radius 3 is 2.93 bits per heavy atom. The molecule has 30 heavy (non-hydrogen) atoms. The van der Waals surface area contributed by atoms with Crippen LogP contribution in [0.15, 0.2) is 41.4 Å². The van der Waals surface area contributed by atoms with Gasteiger partial charge in [-0.1, -0.05) is 6.07 Å². The van der Waals surface area contributed by atoms with Crippen LogP contribution < -0.4 is 0 Å². The number of methoxy groups -OCH3 is 1. The second-order valence-electron chi connectivity index (χ2n) is 8.09. The Balaban J connectivity index is 1.43. The molecule has 5 rings (SSSR count). The number of rotatable bonds is 6. The number of imidazole rings is 1. The van der Waals surface area contributed by atoms with E-state index in [4.69, 9.17) is 9.72 Å². The highest BCUT2D eigenvalue weighted by molar-refractivity contribution is 7.89. The molecule has 0 saturated carbocycles. The minimum atomic E-state index is -3.51. The second-order valence-corrected chi connectivity index (χ2v) is 10.0. The zero-order valence-electron chi connectivity index (χ0n) is 17.1. The molecule has 1 fully saturated rings. The molecule has 7 nitrogen and oxygen atoms in total. The summed E-state index contributed by atoms with van der Waals surface area (Å²) in [6, 6.07) is 9.45. The van der Waals surface area contributed by atoms with E-state index in [9.17, 15) is 8.42 Å². The maximum atomic E-state index is 13.3. The summed E-state index contributed by atoms with van der Waals surface area (Å²) < 4.78 is 35.6. The first-order valence-electron chi connectivity index (χ1n) is 10.5. The Hall–Kier alpha value is -2.29. The molecule has 3 heterocycles. The van der Waals surface area contributed by atoms with Crippen LogP contribution in [0.1, 0.15) is 35.7 Å². The van der Waals surface area contributed by atoms with Crippen LogP contribution in [0.2, 0.25) is 0 Å². The number of nitrogens with zero attached hydrogens (tertiary/aromatic N) is 4. The van der Waals surface area contributed by atoms with Crippen LogP contribution >= 0.6 is 0 Å². The third kappa shape index (κ3) is 3.33. The number of sulfonamides is 1. The normalized spacial score (nSPS) is 19.6. The number of hydrogen-bond acceptors (Lipinski definition) is 5. The maximum Gasteiger partial charge on any atom is 0.243 e. The molecule has 0 bridgehead atoms. The van der Waals surface area contributed by atoms with Crippen molar-refractivity contribution in [3.63, 3.8) is 0 Å². The maximum absolute atomic E-state index is 13.3. The van der Waals surface area contributed by atoms with E-state index in [0.29, 0.717) is 31.1 Å². The van der Waals surface area contributed by atoms with Gasteiger partial charge >= 0.3 is 0 Å². The lowest BCUT2D eigenvalue weighted by Crippen LogP contribution is -2.29. The lowest BCUT2D eigenvalue weighted by Gasteiger charge is -2.18. The van der Waals surface area contributed by atoms with Crippen LogP contribution in [0.3, 0.4) is 0 Å². The average molecular weight is 427 g/mol. The molecule has 8 heteroatoms. The first-order valence-corrected chi connectivity index (χ1v) is 11.9. The Morgan fingerprint density at radius 1 is 1.20 bits per heavy atom. The van der Waals surface area contributed by atoms with Crippen LogP contribution in [0, 0.1) is 0 Å². The summed E-state index contributed by atoms with van der Waals surface area (Å²) in [4.78, 5) is 9.71. The monoisotopic (exact) mass is 426 g/mol. The van der Waals surface area contributed by atoms with Crippen LogP contribution in [0.5, 0.6) is 0 Å². The van der Waals surface area contributed by atoms with Gasteiger partial charge in [0.05, 0.1) is 11.5 Å². The van der Waals surface area contributed by atoms with Crippen LogP contribution in [-0.4, -0.2) is 54.1 Å². The molecule has 0 N–H and O–H groups in total. The van der Waals surface area contributed by atoms with E-state index >= 15 is 0 Å². The lowest BCUT2D eigenvalue weighted by molar-refractivity contribution is 0.187. The second kappa shape index (κ2) is 7.76. The van der Waals surface area contributed by atoms with Crippen molar-refractivity contribution >= 4 is 21.2 Å². The van der Waals surface area contributed by atoms with Gasteiger partial charge in [-0.3, -0.25) is 0 Å². The van der Waals surface area contributed by atoms with E-state index in [1.165, 1.54) is 11.1 Å². The van der Waals surface area contributed by atoms with Gasteiger partial charge in [0, 0.05) is 38.9 Å². The molecular weight excluding hydrogens is 400 g/mol. The predicted octanol–water partition coefficient (Wildman–Crippen LogP) is 2.74. The van der Waals surface area contributed by atoms with Crippen molar-refractivity contribution in [1.82, 2.24) is 18.8 Å². The molecule has 1 aliphatic carbocycles. The number of fused-ring (bicyclic) bond motifs is 2. The van der Waals surface area contributed by atoms with Gasteiger partial charge in [-0.15, -0.1) is 0 Å². The third-order valence-corrected chi connectivity index (χ3v) is 8.14. The van der Waals surface area contributed by atoms with E-state index in [-0.39, 0.29) is 5.92 Å². The number of hydrogen-bond donors (Lipinski definition) is 0. The van der Waals surface area contributed by atoms with Crippen molar-refractivity contribution in [3.8, 4) is 0 Å². The molecule has 0 unspecified atom stereocenters. The minimum absolute atomic E-state index is 0.0419.